The van der Waals surface area contributed by atoms with Crippen LogP contribution in [0.4, 0.5) is 0 Å². The molecule has 0 aliphatic heterocycles. The third kappa shape index (κ3) is 9.23. The summed E-state index contributed by atoms with van der Waals surface area (Å²) in [6.07, 6.45) is 13.3. The first-order valence-electron chi connectivity index (χ1n) is 18.5. The average molecular weight is 856 g/mol. The third-order valence-corrected chi connectivity index (χ3v) is 17.2. The van der Waals surface area contributed by atoms with Crippen LogP contribution in [-0.2, 0) is 22.9 Å². The number of rotatable bonds is 7. The van der Waals surface area contributed by atoms with Gasteiger partial charge >= 0.3 is 209 Å². The van der Waals surface area contributed by atoms with Gasteiger partial charge in [-0.25, -0.2) is 0 Å². The van der Waals surface area contributed by atoms with E-state index in [1.54, 1.807) is 22.3 Å². The van der Waals surface area contributed by atoms with Crippen LogP contribution in [-0.4, -0.2) is 9.52 Å². The summed E-state index contributed by atoms with van der Waals surface area (Å²) in [4.78, 5) is 0. The maximum Gasteiger partial charge on any atom is 0.0135 e. The van der Waals surface area contributed by atoms with Crippen LogP contribution in [0.15, 0.2) is 181 Å². The zero-order valence-electron chi connectivity index (χ0n) is 30.8. The van der Waals surface area contributed by atoms with Crippen molar-refractivity contribution in [1.29, 1.82) is 0 Å². The van der Waals surface area contributed by atoms with Crippen LogP contribution in [0.1, 0.15) is 54.6 Å². The smallest absolute Gasteiger partial charge is 0.0135 e. The largest absolute Gasteiger partial charge is 0.0750 e. The monoisotopic (exact) mass is 856 g/mol. The summed E-state index contributed by atoms with van der Waals surface area (Å²) in [5.41, 5.74) is 17.0. The number of hydrogen-bond acceptors (Lipinski definition) is 0. The van der Waals surface area contributed by atoms with Gasteiger partial charge in [-0.05, 0) is 11.1 Å². The van der Waals surface area contributed by atoms with Crippen molar-refractivity contribution in [3.63, 3.8) is 0 Å². The van der Waals surface area contributed by atoms with Crippen molar-refractivity contribution in [3.05, 3.63) is 214 Å². The van der Waals surface area contributed by atoms with Gasteiger partial charge in [0.15, 0.2) is 0 Å². The topological polar surface area (TPSA) is 0 Å². The molecule has 0 heterocycles. The van der Waals surface area contributed by atoms with Gasteiger partial charge in [0.1, 0.15) is 0 Å². The fourth-order valence-electron chi connectivity index (χ4n) is 6.91. The molecule has 0 bridgehead atoms. The van der Waals surface area contributed by atoms with Crippen molar-refractivity contribution in [2.75, 3.05) is 0 Å². The Balaban J connectivity index is 0.000000205. The molecule has 0 N–H and O–H groups in total. The Hall–Kier alpha value is -4.63. The number of benzene rings is 6. The standard InChI is InChI=1S/2C16H13.C16H14.C2H8Si.Hf/c2*1-12-10-14-8-5-9-15(16(14)11-12)13-6-3-2-4-7-13;1-3-9-15(10-4-1)13-7-8-14-16-11-5-2-6-12-16;1-3-2;/h2*2-11H,1H3;1-14H;3H2,1-2H3;. The Bertz CT molecular complexity index is 2000. The normalized spacial score (nSPS) is 15.5. The minimum absolute atomic E-state index is 0.417. The summed E-state index contributed by atoms with van der Waals surface area (Å²) in [6, 6.07) is 56.2. The van der Waals surface area contributed by atoms with Crippen molar-refractivity contribution >= 4 is 33.8 Å². The fraction of sp³-hybridized carbons (Fsp3) is 0.120. The first-order chi connectivity index (χ1) is 25.6. The van der Waals surface area contributed by atoms with Gasteiger partial charge in [-0.2, -0.15) is 0 Å². The molecule has 0 saturated carbocycles. The first kappa shape index (κ1) is 37.1. The Morgan fingerprint density at radius 1 is 0.442 bits per heavy atom. The van der Waals surface area contributed by atoms with Crippen molar-refractivity contribution in [2.45, 2.75) is 34.3 Å². The Kier molecular flexibility index (Phi) is 13.4. The van der Waals surface area contributed by atoms with E-state index in [2.05, 4.69) is 185 Å². The van der Waals surface area contributed by atoms with Crippen molar-refractivity contribution in [2.24, 2.45) is 0 Å². The molecule has 2 unspecified atom stereocenters. The zero-order valence-corrected chi connectivity index (χ0v) is 35.8. The van der Waals surface area contributed by atoms with E-state index >= 15 is 0 Å². The number of hydrogen-bond donors (Lipinski definition) is 0. The molecule has 2 atom stereocenters. The summed E-state index contributed by atoms with van der Waals surface area (Å²) in [6.45, 7) is 9.25. The van der Waals surface area contributed by atoms with Crippen LogP contribution in [0.2, 0.25) is 13.1 Å². The van der Waals surface area contributed by atoms with Crippen LogP contribution >= 0.6 is 0 Å². The second-order valence-corrected chi connectivity index (χ2v) is 20.2. The number of allylic oxidation sites excluding steroid dienone is 4. The Labute approximate surface area is 325 Å². The van der Waals surface area contributed by atoms with Gasteiger partial charge in [0.25, 0.3) is 0 Å². The van der Waals surface area contributed by atoms with E-state index in [-0.39, 0.29) is 0 Å². The minimum Gasteiger partial charge on any atom is -0.0750 e. The summed E-state index contributed by atoms with van der Waals surface area (Å²) in [5, 5.41) is 0. The van der Waals surface area contributed by atoms with Gasteiger partial charge in [0, 0.05) is 9.52 Å². The predicted octanol–water partition coefficient (Wildman–Crippen LogP) is 13.4. The Morgan fingerprint density at radius 2 is 0.788 bits per heavy atom. The molecule has 2 heteroatoms. The quantitative estimate of drug-likeness (QED) is 0.111. The molecule has 6 aromatic carbocycles. The molecule has 2 aliphatic carbocycles. The Morgan fingerprint density at radius 3 is 1.15 bits per heavy atom. The van der Waals surface area contributed by atoms with E-state index in [9.17, 15) is 0 Å². The van der Waals surface area contributed by atoms with Crippen LogP contribution < -0.4 is 0 Å². The van der Waals surface area contributed by atoms with Crippen molar-refractivity contribution < 1.29 is 22.9 Å². The van der Waals surface area contributed by atoms with Crippen LogP contribution in [0.25, 0.3) is 46.6 Å². The molecule has 0 spiro atoms. The maximum absolute atomic E-state index is 2.48. The molecule has 0 amide bonds. The van der Waals surface area contributed by atoms with Gasteiger partial charge in [-0.15, -0.1) is 0 Å². The van der Waals surface area contributed by atoms with E-state index in [1.807, 2.05) is 36.4 Å². The molecule has 6 aromatic rings. The van der Waals surface area contributed by atoms with Gasteiger partial charge in [-0.3, -0.25) is 0 Å². The van der Waals surface area contributed by atoms with Crippen LogP contribution in [0, 0.1) is 0 Å². The maximum atomic E-state index is 2.48. The molecule has 0 fully saturated rings. The van der Waals surface area contributed by atoms with E-state index in [0.29, 0.717) is 16.9 Å². The summed E-state index contributed by atoms with van der Waals surface area (Å²) in [7, 11) is 0.417. The molecule has 0 radical (unpaired) electrons. The van der Waals surface area contributed by atoms with Gasteiger partial charge in [0.2, 0.25) is 0 Å². The molecule has 0 aromatic heterocycles. The molecule has 8 rings (SSSR count). The second-order valence-electron chi connectivity index (χ2n) is 13.4. The summed E-state index contributed by atoms with van der Waals surface area (Å²) >= 11 is -1.12. The van der Waals surface area contributed by atoms with Gasteiger partial charge in [-0.1, -0.05) is 98.1 Å². The second kappa shape index (κ2) is 18.7. The van der Waals surface area contributed by atoms with E-state index in [0.717, 1.165) is 0 Å². The van der Waals surface area contributed by atoms with Gasteiger partial charge in [0.05, 0.1) is 0 Å². The average Bonchev–Trinajstić information content (AvgIpc) is 3.70. The molecule has 256 valence electrons. The van der Waals surface area contributed by atoms with Crippen LogP contribution in [0.5, 0.6) is 0 Å². The van der Waals surface area contributed by atoms with E-state index in [1.165, 1.54) is 44.5 Å². The molecule has 0 saturated heterocycles. The van der Waals surface area contributed by atoms with Gasteiger partial charge < -0.3 is 0 Å². The number of fused-ring (bicyclic) bond motifs is 2. The SMILES string of the molecule is C(C=Cc1ccccc1)=Cc1ccccc1.CC1=Cc2c(-c3ccccc3)cccc2[CH]1[Hf][CH]1C(C)=Cc2c(-c3ccccc3)cccc21.C[SiH2]C. The first-order valence-corrected chi connectivity index (χ1v) is 25.5. The van der Waals surface area contributed by atoms with E-state index < -0.39 is 22.9 Å². The summed E-state index contributed by atoms with van der Waals surface area (Å²) in [5.74, 6) is 0. The fourth-order valence-corrected chi connectivity index (χ4v) is 13.7. The minimum atomic E-state index is -1.12. The molecule has 2 aliphatic rings. The van der Waals surface area contributed by atoms with E-state index in [4.69, 9.17) is 0 Å². The molecular formula is C50H48HfSi. The molecule has 52 heavy (non-hydrogen) atoms. The molecule has 0 nitrogen and oxygen atoms in total. The van der Waals surface area contributed by atoms with Crippen molar-refractivity contribution in [3.8, 4) is 22.3 Å². The predicted molar refractivity (Wildman–Crippen MR) is 228 cm³/mol. The third-order valence-electron chi connectivity index (χ3n) is 9.35. The summed E-state index contributed by atoms with van der Waals surface area (Å²) < 4.78 is 1.31. The molecular weight excluding hydrogens is 807 g/mol. The van der Waals surface area contributed by atoms with Crippen molar-refractivity contribution in [1.82, 2.24) is 0 Å². The van der Waals surface area contributed by atoms with Crippen LogP contribution in [0.3, 0.4) is 0 Å². The zero-order chi connectivity index (χ0) is 36.1.